The van der Waals surface area contributed by atoms with Crippen LogP contribution in [0.2, 0.25) is 0 Å². The Kier molecular flexibility index (Phi) is 6.68. The Labute approximate surface area is 187 Å². The molecule has 0 aromatic heterocycles. The lowest BCUT2D eigenvalue weighted by Gasteiger charge is -2.12. The average molecular weight is 474 g/mol. The minimum atomic E-state index is -3.97. The maximum absolute atomic E-state index is 12.7. The van der Waals surface area contributed by atoms with Crippen LogP contribution < -0.4 is 15.2 Å². The van der Waals surface area contributed by atoms with Crippen molar-refractivity contribution in [3.8, 4) is 0 Å². The summed E-state index contributed by atoms with van der Waals surface area (Å²) in [4.78, 5) is 12.5. The summed E-state index contributed by atoms with van der Waals surface area (Å²) in [5.74, 6) is -0.595. The van der Waals surface area contributed by atoms with Gasteiger partial charge >= 0.3 is 0 Å². The van der Waals surface area contributed by atoms with E-state index in [4.69, 9.17) is 5.14 Å². The van der Waals surface area contributed by atoms with E-state index in [0.29, 0.717) is 17.7 Å². The van der Waals surface area contributed by atoms with Crippen LogP contribution in [0.5, 0.6) is 0 Å². The van der Waals surface area contributed by atoms with E-state index in [2.05, 4.69) is 10.0 Å². The van der Waals surface area contributed by atoms with E-state index in [1.807, 2.05) is 6.92 Å². The van der Waals surface area contributed by atoms with Gasteiger partial charge in [-0.05, 0) is 61.4 Å². The first-order valence-electron chi connectivity index (χ1n) is 9.66. The molecule has 8 nitrogen and oxygen atoms in total. The third kappa shape index (κ3) is 5.52. The van der Waals surface area contributed by atoms with Gasteiger partial charge < -0.3 is 5.32 Å². The topological polar surface area (TPSA) is 135 Å². The molecule has 10 heteroatoms. The van der Waals surface area contributed by atoms with Gasteiger partial charge in [0.05, 0.1) is 9.79 Å². The SMILES string of the molecule is CCc1ccc(NC(=O)c2cccc(S(=O)(=O)Nc3ccc(C)cc3)c2)cc1S(N)(=O)=O. The molecule has 168 valence electrons. The lowest BCUT2D eigenvalue weighted by Crippen LogP contribution is -2.17. The standard InChI is InChI=1S/C22H23N3O5S2/c1-3-16-9-12-19(14-21(16)31(23,27)28)24-22(26)17-5-4-6-20(13-17)32(29,30)25-18-10-7-15(2)8-11-18/h4-14,25H,3H2,1-2H3,(H,24,26)(H2,23,27,28). The Morgan fingerprint density at radius 1 is 0.906 bits per heavy atom. The van der Waals surface area contributed by atoms with E-state index in [0.717, 1.165) is 5.56 Å². The second-order valence-corrected chi connectivity index (χ2v) is 10.4. The number of benzene rings is 3. The predicted molar refractivity (Wildman–Crippen MR) is 124 cm³/mol. The van der Waals surface area contributed by atoms with E-state index in [1.54, 1.807) is 43.3 Å². The van der Waals surface area contributed by atoms with Crippen LogP contribution in [0.15, 0.2) is 76.5 Å². The van der Waals surface area contributed by atoms with Crippen molar-refractivity contribution < 1.29 is 21.6 Å². The van der Waals surface area contributed by atoms with Crippen LogP contribution >= 0.6 is 0 Å². The fourth-order valence-electron chi connectivity index (χ4n) is 3.03. The van der Waals surface area contributed by atoms with E-state index >= 15 is 0 Å². The Bertz CT molecular complexity index is 1370. The number of nitrogens with two attached hydrogens (primary N) is 1. The van der Waals surface area contributed by atoms with Crippen molar-refractivity contribution >= 4 is 37.3 Å². The third-order valence-electron chi connectivity index (χ3n) is 4.72. The fourth-order valence-corrected chi connectivity index (χ4v) is 5.01. The first-order valence-corrected chi connectivity index (χ1v) is 12.7. The smallest absolute Gasteiger partial charge is 0.261 e. The summed E-state index contributed by atoms with van der Waals surface area (Å²) in [5.41, 5.74) is 2.23. The molecule has 4 N–H and O–H groups in total. The molecule has 0 heterocycles. The molecule has 0 spiro atoms. The zero-order valence-corrected chi connectivity index (χ0v) is 19.1. The number of carbonyl (C=O) groups excluding carboxylic acids is 1. The van der Waals surface area contributed by atoms with Crippen molar-refractivity contribution in [3.63, 3.8) is 0 Å². The number of hydrogen-bond donors (Lipinski definition) is 3. The highest BCUT2D eigenvalue weighted by Gasteiger charge is 2.18. The number of aryl methyl sites for hydroxylation is 2. The molecule has 0 fully saturated rings. The summed E-state index contributed by atoms with van der Waals surface area (Å²) in [5, 5.41) is 7.85. The lowest BCUT2D eigenvalue weighted by molar-refractivity contribution is 0.102. The Hall–Kier alpha value is -3.21. The first-order chi connectivity index (χ1) is 15.0. The van der Waals surface area contributed by atoms with Crippen LogP contribution in [0.25, 0.3) is 0 Å². The third-order valence-corrected chi connectivity index (χ3v) is 7.09. The Morgan fingerprint density at radius 2 is 1.56 bits per heavy atom. The molecule has 0 aliphatic rings. The van der Waals surface area contributed by atoms with Crippen LogP contribution in [-0.2, 0) is 26.5 Å². The van der Waals surface area contributed by atoms with Gasteiger partial charge in [-0.15, -0.1) is 0 Å². The van der Waals surface area contributed by atoms with Gasteiger partial charge in [-0.25, -0.2) is 22.0 Å². The maximum atomic E-state index is 12.7. The van der Waals surface area contributed by atoms with Gasteiger partial charge in [0, 0.05) is 16.9 Å². The molecule has 3 aromatic rings. The highest BCUT2D eigenvalue weighted by molar-refractivity contribution is 7.92. The van der Waals surface area contributed by atoms with Crippen molar-refractivity contribution in [1.82, 2.24) is 0 Å². The molecular weight excluding hydrogens is 450 g/mol. The van der Waals surface area contributed by atoms with Crippen LogP contribution in [-0.4, -0.2) is 22.7 Å². The second kappa shape index (κ2) is 9.11. The van der Waals surface area contributed by atoms with Gasteiger partial charge in [0.15, 0.2) is 0 Å². The molecule has 0 aliphatic heterocycles. The molecule has 3 rings (SSSR count). The molecule has 0 unspecified atom stereocenters. The zero-order chi connectivity index (χ0) is 23.5. The summed E-state index contributed by atoms with van der Waals surface area (Å²) in [7, 11) is -7.88. The quantitative estimate of drug-likeness (QED) is 0.484. The highest BCUT2D eigenvalue weighted by atomic mass is 32.2. The van der Waals surface area contributed by atoms with Gasteiger partial charge in [0.25, 0.3) is 15.9 Å². The fraction of sp³-hybridized carbons (Fsp3) is 0.136. The lowest BCUT2D eigenvalue weighted by atomic mass is 10.1. The molecule has 0 radical (unpaired) electrons. The first kappa shape index (κ1) is 23.5. The van der Waals surface area contributed by atoms with Crippen molar-refractivity contribution in [1.29, 1.82) is 0 Å². The monoisotopic (exact) mass is 473 g/mol. The average Bonchev–Trinajstić information content (AvgIpc) is 2.74. The minimum absolute atomic E-state index is 0.0728. The zero-order valence-electron chi connectivity index (χ0n) is 17.5. The number of hydrogen-bond acceptors (Lipinski definition) is 5. The largest absolute Gasteiger partial charge is 0.322 e. The molecule has 0 bridgehead atoms. The number of anilines is 2. The summed E-state index contributed by atoms with van der Waals surface area (Å²) in [6, 6.07) is 16.8. The van der Waals surface area contributed by atoms with Gasteiger partial charge in [-0.3, -0.25) is 9.52 Å². The van der Waals surface area contributed by atoms with Crippen molar-refractivity contribution in [3.05, 3.63) is 83.4 Å². The molecule has 1 amide bonds. The normalized spacial score (nSPS) is 11.7. The minimum Gasteiger partial charge on any atom is -0.322 e. The Morgan fingerprint density at radius 3 is 2.19 bits per heavy atom. The number of carbonyl (C=O) groups is 1. The summed E-state index contributed by atoms with van der Waals surface area (Å²) in [6.45, 7) is 3.68. The van der Waals surface area contributed by atoms with Gasteiger partial charge in [0.2, 0.25) is 10.0 Å². The number of nitrogens with one attached hydrogen (secondary N) is 2. The summed E-state index contributed by atoms with van der Waals surface area (Å²) in [6.07, 6.45) is 0.452. The van der Waals surface area contributed by atoms with E-state index in [9.17, 15) is 21.6 Å². The van der Waals surface area contributed by atoms with Crippen molar-refractivity contribution in [2.45, 2.75) is 30.1 Å². The van der Waals surface area contributed by atoms with Crippen LogP contribution in [0.4, 0.5) is 11.4 Å². The molecule has 0 atom stereocenters. The number of primary sulfonamides is 1. The summed E-state index contributed by atoms with van der Waals surface area (Å²) >= 11 is 0. The van der Waals surface area contributed by atoms with E-state index in [-0.39, 0.29) is 21.0 Å². The molecule has 0 aliphatic carbocycles. The predicted octanol–water partition coefficient (Wildman–Crippen LogP) is 3.26. The van der Waals surface area contributed by atoms with Gasteiger partial charge in [0.1, 0.15) is 0 Å². The molecule has 0 saturated carbocycles. The number of sulfonamides is 2. The van der Waals surface area contributed by atoms with Crippen LogP contribution in [0.3, 0.4) is 0 Å². The van der Waals surface area contributed by atoms with Crippen LogP contribution in [0.1, 0.15) is 28.4 Å². The maximum Gasteiger partial charge on any atom is 0.261 e. The Balaban J connectivity index is 1.85. The van der Waals surface area contributed by atoms with Gasteiger partial charge in [-0.2, -0.15) is 0 Å². The van der Waals surface area contributed by atoms with E-state index in [1.165, 1.54) is 30.3 Å². The highest BCUT2D eigenvalue weighted by Crippen LogP contribution is 2.22. The van der Waals surface area contributed by atoms with Gasteiger partial charge in [-0.1, -0.05) is 36.8 Å². The van der Waals surface area contributed by atoms with Crippen molar-refractivity contribution in [2.75, 3.05) is 10.0 Å². The molecular formula is C22H23N3O5S2. The molecule has 0 saturated heterocycles. The van der Waals surface area contributed by atoms with Crippen molar-refractivity contribution in [2.24, 2.45) is 5.14 Å². The molecule has 32 heavy (non-hydrogen) atoms. The number of rotatable bonds is 7. The number of amides is 1. The molecule has 3 aromatic carbocycles. The summed E-state index contributed by atoms with van der Waals surface area (Å²) < 4.78 is 51.6. The van der Waals surface area contributed by atoms with Crippen LogP contribution in [0, 0.1) is 6.92 Å². The second-order valence-electron chi connectivity index (χ2n) is 7.17. The van der Waals surface area contributed by atoms with E-state index < -0.39 is 26.0 Å².